The summed E-state index contributed by atoms with van der Waals surface area (Å²) in [6.45, 7) is 9.40. The Labute approximate surface area is 232 Å². The van der Waals surface area contributed by atoms with Gasteiger partial charge in [0.2, 0.25) is 0 Å². The van der Waals surface area contributed by atoms with Crippen LogP contribution in [-0.4, -0.2) is 9.97 Å². The summed E-state index contributed by atoms with van der Waals surface area (Å²) >= 11 is -1.54. The van der Waals surface area contributed by atoms with Gasteiger partial charge in [0.1, 0.15) is 0 Å². The van der Waals surface area contributed by atoms with E-state index in [4.69, 9.17) is 9.97 Å². The molecule has 0 saturated heterocycles. The molecule has 2 aliphatic carbocycles. The number of rotatable bonds is 6. The van der Waals surface area contributed by atoms with E-state index in [0.717, 1.165) is 0 Å². The topological polar surface area (TPSA) is 25.8 Å². The van der Waals surface area contributed by atoms with Gasteiger partial charge in [-0.1, -0.05) is 0 Å². The Morgan fingerprint density at radius 1 is 0.541 bits per heavy atom. The summed E-state index contributed by atoms with van der Waals surface area (Å²) in [6.07, 6.45) is 8.90. The number of aromatic nitrogens is 2. The van der Waals surface area contributed by atoms with Crippen molar-refractivity contribution in [1.29, 1.82) is 0 Å². The van der Waals surface area contributed by atoms with Crippen LogP contribution in [0.3, 0.4) is 0 Å². The zero-order chi connectivity index (χ0) is 25.6. The van der Waals surface area contributed by atoms with Crippen LogP contribution in [-0.2, 0) is 29.5 Å². The fraction of sp³-hybridized carbons (Fsp3) is 0.235. The van der Waals surface area contributed by atoms with E-state index in [1.807, 2.05) is 24.5 Å². The number of allylic oxidation sites excluding steroid dienone is 2. The molecular weight excluding hydrogens is 528 g/mol. The van der Waals surface area contributed by atoms with E-state index < -0.39 is 23.2 Å². The molecule has 2 atom stereocenters. The minimum absolute atomic E-state index is 0.210. The van der Waals surface area contributed by atoms with Gasteiger partial charge < -0.3 is 0 Å². The summed E-state index contributed by atoms with van der Waals surface area (Å²) in [4.78, 5) is 10.2. The van der Waals surface area contributed by atoms with Crippen LogP contribution in [0.1, 0.15) is 61.3 Å². The second-order valence-corrected chi connectivity index (χ2v) is 15.0. The van der Waals surface area contributed by atoms with Crippen molar-refractivity contribution in [2.45, 2.75) is 33.9 Å². The molecular formula is C34H32N2Zr. The van der Waals surface area contributed by atoms with Crippen molar-refractivity contribution in [2.24, 2.45) is 11.8 Å². The SMILES string of the molecule is CC(C)C1=Cc2ccccc2[C]1([Zr][C]1(c2ccccn2)C(C(C)C)=Cc2ccccc21)c1ccccn1. The van der Waals surface area contributed by atoms with Crippen LogP contribution in [0.2, 0.25) is 0 Å². The van der Waals surface area contributed by atoms with E-state index in [1.165, 1.54) is 44.8 Å². The quantitative estimate of drug-likeness (QED) is 0.240. The van der Waals surface area contributed by atoms with Gasteiger partial charge in [-0.05, 0) is 0 Å². The van der Waals surface area contributed by atoms with Gasteiger partial charge >= 0.3 is 233 Å². The second kappa shape index (κ2) is 9.44. The van der Waals surface area contributed by atoms with Crippen LogP contribution in [0, 0.1) is 11.8 Å². The Hall–Kier alpha value is -2.90. The predicted octanol–water partition coefficient (Wildman–Crippen LogP) is 7.85. The molecule has 0 amide bonds. The fourth-order valence-electron chi connectivity index (χ4n) is 6.42. The molecule has 182 valence electrons. The maximum absolute atomic E-state index is 5.12. The van der Waals surface area contributed by atoms with Crippen molar-refractivity contribution in [2.75, 3.05) is 0 Å². The average molecular weight is 560 g/mol. The van der Waals surface area contributed by atoms with Crippen molar-refractivity contribution in [1.82, 2.24) is 9.97 Å². The molecule has 3 heteroatoms. The molecule has 0 aliphatic heterocycles. The molecule has 37 heavy (non-hydrogen) atoms. The Bertz CT molecular complexity index is 1390. The molecule has 0 radical (unpaired) electrons. The zero-order valence-corrected chi connectivity index (χ0v) is 24.4. The Morgan fingerprint density at radius 2 is 0.946 bits per heavy atom. The zero-order valence-electron chi connectivity index (χ0n) is 21.9. The van der Waals surface area contributed by atoms with Gasteiger partial charge in [0.15, 0.2) is 0 Å². The summed E-state index contributed by atoms with van der Waals surface area (Å²) in [5.41, 5.74) is 10.9. The third kappa shape index (κ3) is 3.69. The molecule has 2 aromatic carbocycles. The third-order valence-electron chi connectivity index (χ3n) is 7.93. The molecule has 2 unspecified atom stereocenters. The number of fused-ring (bicyclic) bond motifs is 2. The van der Waals surface area contributed by atoms with Crippen molar-refractivity contribution in [3.8, 4) is 0 Å². The third-order valence-corrected chi connectivity index (χ3v) is 13.8. The number of nitrogens with zero attached hydrogens (tertiary/aromatic N) is 2. The van der Waals surface area contributed by atoms with Crippen molar-refractivity contribution in [3.63, 3.8) is 0 Å². The molecule has 2 heterocycles. The molecule has 2 aliphatic rings. The van der Waals surface area contributed by atoms with Crippen LogP contribution in [0.25, 0.3) is 12.2 Å². The standard InChI is InChI=1S/2C17H16N.Zr/c2*1-12(2)15-11-13-7-3-4-8-14(13)17(15)16-9-5-6-10-18-16;/h2*3-12H,1-2H3;. The Balaban J connectivity index is 1.72. The average Bonchev–Trinajstić information content (AvgIpc) is 3.45. The monoisotopic (exact) mass is 558 g/mol. The molecule has 0 spiro atoms. The van der Waals surface area contributed by atoms with E-state index in [1.54, 1.807) is 0 Å². The minimum atomic E-state index is -1.54. The van der Waals surface area contributed by atoms with Crippen LogP contribution in [0.15, 0.2) is 108 Å². The number of hydrogen-bond donors (Lipinski definition) is 0. The summed E-state index contributed by atoms with van der Waals surface area (Å²) in [7, 11) is 0. The maximum atomic E-state index is 5.12. The molecule has 0 bridgehead atoms. The first-order chi connectivity index (χ1) is 18.0. The molecule has 0 N–H and O–H groups in total. The fourth-order valence-corrected chi connectivity index (χ4v) is 13.4. The molecule has 6 rings (SSSR count). The van der Waals surface area contributed by atoms with Gasteiger partial charge in [-0.2, -0.15) is 0 Å². The Morgan fingerprint density at radius 3 is 1.32 bits per heavy atom. The van der Waals surface area contributed by atoms with Gasteiger partial charge in [0.25, 0.3) is 0 Å². The molecule has 0 fully saturated rings. The van der Waals surface area contributed by atoms with Gasteiger partial charge in [-0.15, -0.1) is 0 Å². The first-order valence-corrected chi connectivity index (χ1v) is 15.7. The van der Waals surface area contributed by atoms with Crippen LogP contribution in [0.4, 0.5) is 0 Å². The summed E-state index contributed by atoms with van der Waals surface area (Å²) in [5, 5.41) is 0. The van der Waals surface area contributed by atoms with Gasteiger partial charge in [-0.25, -0.2) is 0 Å². The van der Waals surface area contributed by atoms with Crippen molar-refractivity contribution < 1.29 is 23.2 Å². The summed E-state index contributed by atoms with van der Waals surface area (Å²) in [5.74, 6) is 0.804. The molecule has 2 nitrogen and oxygen atoms in total. The van der Waals surface area contributed by atoms with Crippen molar-refractivity contribution >= 4 is 12.2 Å². The van der Waals surface area contributed by atoms with Gasteiger partial charge in [0.05, 0.1) is 0 Å². The second-order valence-electron chi connectivity index (χ2n) is 10.7. The normalized spacial score (nSPS) is 22.0. The summed E-state index contributed by atoms with van der Waals surface area (Å²) in [6, 6.07) is 31.0. The first-order valence-electron chi connectivity index (χ1n) is 13.2. The Kier molecular flexibility index (Phi) is 6.24. The van der Waals surface area contributed by atoms with E-state index in [2.05, 4.69) is 113 Å². The molecule has 0 saturated carbocycles. The van der Waals surface area contributed by atoms with Crippen LogP contribution >= 0.6 is 0 Å². The van der Waals surface area contributed by atoms with E-state index >= 15 is 0 Å². The van der Waals surface area contributed by atoms with Crippen molar-refractivity contribution in [3.05, 3.63) is 142 Å². The van der Waals surface area contributed by atoms with E-state index in [9.17, 15) is 0 Å². The van der Waals surface area contributed by atoms with E-state index in [0.29, 0.717) is 11.8 Å². The predicted molar refractivity (Wildman–Crippen MR) is 149 cm³/mol. The number of pyridine rings is 2. The van der Waals surface area contributed by atoms with Gasteiger partial charge in [0, 0.05) is 0 Å². The number of benzene rings is 2. The van der Waals surface area contributed by atoms with E-state index in [-0.39, 0.29) is 6.25 Å². The van der Waals surface area contributed by atoms with Crippen LogP contribution < -0.4 is 0 Å². The number of hydrogen-bond acceptors (Lipinski definition) is 2. The van der Waals surface area contributed by atoms with Gasteiger partial charge in [-0.3, -0.25) is 0 Å². The first kappa shape index (κ1) is 24.4. The summed E-state index contributed by atoms with van der Waals surface area (Å²) < 4.78 is -0.420. The van der Waals surface area contributed by atoms with Crippen LogP contribution in [0.5, 0.6) is 0 Å². The molecule has 2 aromatic heterocycles. The molecule has 4 aromatic rings.